The van der Waals surface area contributed by atoms with E-state index in [0.29, 0.717) is 19.3 Å². The van der Waals surface area contributed by atoms with Crippen molar-refractivity contribution in [1.82, 2.24) is 0 Å². The zero-order valence-corrected chi connectivity index (χ0v) is 73.0. The zero-order valence-electron chi connectivity index (χ0n) is 71.3. The van der Waals surface area contributed by atoms with E-state index in [4.69, 9.17) is 32.3 Å². The van der Waals surface area contributed by atoms with Gasteiger partial charge in [0.2, 0.25) is 0 Å². The maximum atomic E-state index is 13.0. The molecule has 5 unspecified atom stereocenters. The van der Waals surface area contributed by atoms with Gasteiger partial charge in [0.15, 0.2) is 6.10 Å². The lowest BCUT2D eigenvalue weighted by Crippen LogP contribution is -2.30. The molecule has 0 aromatic heterocycles. The molecular formula is C95H162O16P2. The van der Waals surface area contributed by atoms with Gasteiger partial charge in [0.1, 0.15) is 25.4 Å². The molecule has 18 heteroatoms. The number of phosphoric ester groups is 2. The van der Waals surface area contributed by atoms with E-state index in [-0.39, 0.29) is 19.3 Å². The lowest BCUT2D eigenvalue weighted by Gasteiger charge is -2.21. The molecule has 0 aliphatic carbocycles. The number of aliphatic hydroxyl groups excluding tert-OH is 2. The van der Waals surface area contributed by atoms with Crippen LogP contribution in [0.1, 0.15) is 367 Å². The smallest absolute Gasteiger partial charge is 0.463 e. The lowest BCUT2D eigenvalue weighted by atomic mass is 10.0. The number of phosphoric acid groups is 2. The van der Waals surface area contributed by atoms with Crippen molar-refractivity contribution < 1.29 is 75.8 Å². The third-order valence-electron chi connectivity index (χ3n) is 18.7. The summed E-state index contributed by atoms with van der Waals surface area (Å²) in [7, 11) is -9.81. The number of rotatable bonds is 84. The Morgan fingerprint density at radius 1 is 0.257 bits per heavy atom. The molecule has 648 valence electrons. The highest BCUT2D eigenvalue weighted by Gasteiger charge is 2.29. The van der Waals surface area contributed by atoms with Gasteiger partial charge in [0.05, 0.1) is 26.4 Å². The monoisotopic (exact) mass is 1620 g/mol. The van der Waals surface area contributed by atoms with Crippen LogP contribution in [0.5, 0.6) is 0 Å². The van der Waals surface area contributed by atoms with Gasteiger partial charge >= 0.3 is 33.6 Å². The maximum Gasteiger partial charge on any atom is 0.472 e. The second-order valence-corrected chi connectivity index (χ2v) is 32.5. The SMILES string of the molecule is CC/C=C\C/C=C\C/C=C\C/C=C\C/C=C\CCCCCCCCCCCCCCCCCCCCCC(=O)OCC(O)COP(=O)(O)OCC(O)COP(=O)(O)OCC(COC(=O)CCCCCCCCC/C=C\C/C=C\C/C=C\C/C=C\C/C=C\CC)OC(=O)CCCCCCCC/C=C\C/C=C\C/C=C\CCCCC. The first-order valence-corrected chi connectivity index (χ1v) is 47.8. The van der Waals surface area contributed by atoms with Crippen LogP contribution in [0.25, 0.3) is 0 Å². The number of esters is 3. The minimum atomic E-state index is -4.95. The maximum absolute atomic E-state index is 13.0. The molecule has 0 spiro atoms. The fraction of sp³-hybridized carbons (Fsp3) is 0.695. The summed E-state index contributed by atoms with van der Waals surface area (Å²) < 4.78 is 61.4. The van der Waals surface area contributed by atoms with Crippen molar-refractivity contribution in [1.29, 1.82) is 0 Å². The number of carbonyl (C=O) groups is 3. The third kappa shape index (κ3) is 87.8. The van der Waals surface area contributed by atoms with Gasteiger partial charge in [-0.3, -0.25) is 32.5 Å². The Bertz CT molecular complexity index is 2680. The molecular weight excluding hydrogens is 1460 g/mol. The first-order valence-electron chi connectivity index (χ1n) is 44.8. The van der Waals surface area contributed by atoms with E-state index in [9.17, 15) is 43.5 Å². The van der Waals surface area contributed by atoms with Crippen molar-refractivity contribution in [3.8, 4) is 0 Å². The highest BCUT2D eigenvalue weighted by atomic mass is 31.2. The van der Waals surface area contributed by atoms with Gasteiger partial charge < -0.3 is 34.2 Å². The molecule has 4 N–H and O–H groups in total. The topological polar surface area (TPSA) is 231 Å². The molecule has 0 saturated carbocycles. The van der Waals surface area contributed by atoms with E-state index >= 15 is 0 Å². The van der Waals surface area contributed by atoms with E-state index in [1.807, 2.05) is 0 Å². The molecule has 0 saturated heterocycles. The third-order valence-corrected chi connectivity index (χ3v) is 20.6. The first-order chi connectivity index (χ1) is 55.2. The normalized spacial score (nSPS) is 14.6. The quantitative estimate of drug-likeness (QED) is 0.0146. The first kappa shape index (κ1) is 108. The van der Waals surface area contributed by atoms with Gasteiger partial charge in [-0.2, -0.15) is 0 Å². The summed E-state index contributed by atoms with van der Waals surface area (Å²) in [5, 5.41) is 20.7. The Kier molecular flexibility index (Phi) is 82.8. The molecule has 0 fully saturated rings. The number of unbranched alkanes of at least 4 members (excludes halogenated alkanes) is 35. The molecule has 5 atom stereocenters. The summed E-state index contributed by atoms with van der Waals surface area (Å²) in [5.74, 6) is -1.60. The predicted octanol–water partition coefficient (Wildman–Crippen LogP) is 27.3. The van der Waals surface area contributed by atoms with E-state index in [2.05, 4.69) is 179 Å². The van der Waals surface area contributed by atoms with E-state index in [1.165, 1.54) is 122 Å². The summed E-state index contributed by atoms with van der Waals surface area (Å²) in [5.41, 5.74) is 0. The van der Waals surface area contributed by atoms with Crippen molar-refractivity contribution >= 4 is 33.6 Å². The highest BCUT2D eigenvalue weighted by molar-refractivity contribution is 7.47. The summed E-state index contributed by atoms with van der Waals surface area (Å²) >= 11 is 0. The average molecular weight is 1620 g/mol. The van der Waals surface area contributed by atoms with Gasteiger partial charge in [-0.1, -0.05) is 359 Å². The van der Waals surface area contributed by atoms with Crippen molar-refractivity contribution in [3.63, 3.8) is 0 Å². The van der Waals surface area contributed by atoms with Crippen LogP contribution in [0.3, 0.4) is 0 Å². The molecule has 0 aromatic carbocycles. The molecule has 0 amide bonds. The van der Waals surface area contributed by atoms with Gasteiger partial charge in [0.25, 0.3) is 0 Å². The lowest BCUT2D eigenvalue weighted by molar-refractivity contribution is -0.161. The van der Waals surface area contributed by atoms with Crippen LogP contribution < -0.4 is 0 Å². The van der Waals surface area contributed by atoms with Crippen molar-refractivity contribution in [2.24, 2.45) is 0 Å². The minimum Gasteiger partial charge on any atom is -0.463 e. The van der Waals surface area contributed by atoms with E-state index in [1.54, 1.807) is 0 Å². The highest BCUT2D eigenvalue weighted by Crippen LogP contribution is 2.45. The van der Waals surface area contributed by atoms with Crippen LogP contribution in [0.2, 0.25) is 0 Å². The van der Waals surface area contributed by atoms with Crippen molar-refractivity contribution in [2.75, 3.05) is 39.6 Å². The van der Waals surface area contributed by atoms with Gasteiger partial charge in [-0.25, -0.2) is 9.13 Å². The van der Waals surface area contributed by atoms with Gasteiger partial charge in [-0.15, -0.1) is 0 Å². The number of ether oxygens (including phenoxy) is 3. The summed E-state index contributed by atoms with van der Waals surface area (Å²) in [6.07, 6.45) is 110. The Morgan fingerprint density at radius 2 is 0.469 bits per heavy atom. The Hall–Kier alpha value is -4.83. The minimum absolute atomic E-state index is 0.0839. The molecule has 16 nitrogen and oxygen atoms in total. The van der Waals surface area contributed by atoms with Crippen LogP contribution in [0.15, 0.2) is 158 Å². The van der Waals surface area contributed by atoms with Crippen LogP contribution in [-0.2, 0) is 55.8 Å². The Labute approximate surface area is 689 Å². The number of aliphatic hydroxyl groups is 2. The van der Waals surface area contributed by atoms with Crippen LogP contribution >= 0.6 is 15.6 Å². The van der Waals surface area contributed by atoms with Gasteiger partial charge in [0, 0.05) is 19.3 Å². The summed E-state index contributed by atoms with van der Waals surface area (Å²) in [6.45, 7) is 2.44. The Balaban J connectivity index is 4.50. The number of hydrogen-bond donors (Lipinski definition) is 4. The fourth-order valence-corrected chi connectivity index (χ4v) is 13.6. The summed E-state index contributed by atoms with van der Waals surface area (Å²) in [6, 6.07) is 0. The standard InChI is InChI=1S/C95H162O16P2/c1-4-7-10-13-16-19-22-25-28-31-34-36-38-39-40-41-42-43-44-45-46-47-48-49-51-53-55-57-60-63-66-69-72-75-78-81-93(98)105-84-90(96)85-107-112(101,102)108-86-91(97)87-109-113(103,104)110-89-92(111-95(100)83-80-77-74-71-68-65-62-59-54-33-30-27-24-21-18-15-12-9-6-3)88-106-94(99)82-79-76-73-70-67-64-61-58-56-52-50-37-35-32-29-26-23-20-17-14-11-8-5-2/h7-8,10-11,16-21,25-30,34-37,39-40,52,54,56,59,90-92,96-97H,4-6,9,12-15,22-24,31-33,38,41-51,53,55,57-58,60-89H2,1-3H3,(H,101,102)(H,103,104)/b10-7-,11-8-,19-16-,20-17-,21-18-,28-25-,29-26-,30-27-,36-34-,37-35-,40-39-,56-52-,59-54-. The molecule has 113 heavy (non-hydrogen) atoms. The summed E-state index contributed by atoms with van der Waals surface area (Å²) in [4.78, 5) is 58.9. The second kappa shape index (κ2) is 86.5. The fourth-order valence-electron chi connectivity index (χ4n) is 12.0. The van der Waals surface area contributed by atoms with E-state index < -0.39 is 91.5 Å². The predicted molar refractivity (Wildman–Crippen MR) is 472 cm³/mol. The number of allylic oxidation sites excluding steroid dienone is 26. The van der Waals surface area contributed by atoms with Gasteiger partial charge in [-0.05, 0) is 148 Å². The average Bonchev–Trinajstić information content (AvgIpc) is 0.899. The van der Waals surface area contributed by atoms with Crippen molar-refractivity contribution in [3.05, 3.63) is 158 Å². The van der Waals surface area contributed by atoms with Crippen molar-refractivity contribution in [2.45, 2.75) is 386 Å². The number of carbonyl (C=O) groups excluding carboxylic acids is 3. The van der Waals surface area contributed by atoms with Crippen LogP contribution in [-0.4, -0.2) is 95.9 Å². The second-order valence-electron chi connectivity index (χ2n) is 29.6. The zero-order chi connectivity index (χ0) is 82.2. The number of hydrogen-bond acceptors (Lipinski definition) is 14. The largest absolute Gasteiger partial charge is 0.472 e. The van der Waals surface area contributed by atoms with Crippen LogP contribution in [0, 0.1) is 0 Å². The van der Waals surface area contributed by atoms with E-state index in [0.717, 1.165) is 186 Å². The Morgan fingerprint density at radius 3 is 0.743 bits per heavy atom. The molecule has 0 radical (unpaired) electrons. The molecule has 0 rings (SSSR count). The molecule has 0 heterocycles. The molecule has 0 bridgehead atoms. The molecule has 0 aliphatic rings. The molecule has 0 aliphatic heterocycles. The van der Waals surface area contributed by atoms with Crippen LogP contribution in [0.4, 0.5) is 0 Å². The molecule has 0 aromatic rings.